The van der Waals surface area contributed by atoms with Gasteiger partial charge in [-0.1, -0.05) is 11.6 Å². The summed E-state index contributed by atoms with van der Waals surface area (Å²) in [5, 5.41) is 0.529. The number of hydrogen-bond donors (Lipinski definition) is 0. The molecule has 0 radical (unpaired) electrons. The molecule has 0 saturated carbocycles. The molecule has 0 bridgehead atoms. The third-order valence-electron chi connectivity index (χ3n) is 3.38. The molecule has 0 aromatic carbocycles. The molecule has 19 heavy (non-hydrogen) atoms. The Morgan fingerprint density at radius 3 is 2.32 bits per heavy atom. The Morgan fingerprint density at radius 1 is 1.16 bits per heavy atom. The summed E-state index contributed by atoms with van der Waals surface area (Å²) in [5.41, 5.74) is 0.643. The van der Waals surface area contributed by atoms with Gasteiger partial charge in [-0.05, 0) is 31.9 Å². The lowest BCUT2D eigenvalue weighted by atomic mass is 10.2. The minimum absolute atomic E-state index is 0.333. The van der Waals surface area contributed by atoms with Gasteiger partial charge < -0.3 is 0 Å². The summed E-state index contributed by atoms with van der Waals surface area (Å²) in [7, 11) is 0. The van der Waals surface area contributed by atoms with E-state index in [4.69, 9.17) is 11.6 Å². The van der Waals surface area contributed by atoms with Crippen molar-refractivity contribution in [3.63, 3.8) is 0 Å². The van der Waals surface area contributed by atoms with Crippen LogP contribution in [0.1, 0.15) is 17.7 Å². The number of fused-ring (bicyclic) bond motifs is 1. The maximum atomic E-state index is 12.3. The van der Waals surface area contributed by atoms with Crippen LogP contribution < -0.4 is 11.4 Å². The van der Waals surface area contributed by atoms with Gasteiger partial charge in [-0.3, -0.25) is 0 Å². The lowest BCUT2D eigenvalue weighted by molar-refractivity contribution is 0.580. The van der Waals surface area contributed by atoms with E-state index < -0.39 is 0 Å². The van der Waals surface area contributed by atoms with Crippen molar-refractivity contribution in [2.24, 2.45) is 0 Å². The van der Waals surface area contributed by atoms with Crippen molar-refractivity contribution in [2.75, 3.05) is 0 Å². The van der Waals surface area contributed by atoms with Crippen LogP contribution >= 0.6 is 11.6 Å². The summed E-state index contributed by atoms with van der Waals surface area (Å²) in [4.78, 5) is 28.8. The second-order valence-corrected chi connectivity index (χ2v) is 5.10. The van der Waals surface area contributed by atoms with Crippen molar-refractivity contribution in [1.82, 2.24) is 18.9 Å². The highest BCUT2D eigenvalue weighted by molar-refractivity contribution is 6.31. The quantitative estimate of drug-likeness (QED) is 0.779. The van der Waals surface area contributed by atoms with Gasteiger partial charge >= 0.3 is 11.4 Å². The molecule has 2 aromatic rings. The van der Waals surface area contributed by atoms with Crippen LogP contribution in [0, 0.1) is 13.8 Å². The summed E-state index contributed by atoms with van der Waals surface area (Å²) < 4.78 is 4.05. The number of halogens is 1. The fourth-order valence-corrected chi connectivity index (χ4v) is 2.60. The smallest absolute Gasteiger partial charge is 0.245 e. The zero-order valence-corrected chi connectivity index (χ0v) is 11.4. The zero-order valence-electron chi connectivity index (χ0n) is 10.7. The number of pyridine rings is 1. The minimum atomic E-state index is -0.333. The van der Waals surface area contributed by atoms with Crippen molar-refractivity contribution in [3.05, 3.63) is 43.3 Å². The van der Waals surface area contributed by atoms with Crippen LogP contribution in [0.2, 0.25) is 5.02 Å². The molecule has 0 aliphatic carbocycles. The van der Waals surface area contributed by atoms with E-state index in [1.165, 1.54) is 9.36 Å². The molecule has 0 amide bonds. The van der Waals surface area contributed by atoms with E-state index in [1.807, 2.05) is 0 Å². The first-order chi connectivity index (χ1) is 9.00. The van der Waals surface area contributed by atoms with Crippen molar-refractivity contribution < 1.29 is 0 Å². The van der Waals surface area contributed by atoms with E-state index in [0.717, 1.165) is 11.0 Å². The van der Waals surface area contributed by atoms with E-state index in [0.29, 0.717) is 35.2 Å². The predicted molar refractivity (Wildman–Crippen MR) is 71.2 cm³/mol. The van der Waals surface area contributed by atoms with E-state index in [9.17, 15) is 9.59 Å². The summed E-state index contributed by atoms with van der Waals surface area (Å²) in [6.07, 6.45) is 0.817. The first-order valence-corrected chi connectivity index (χ1v) is 6.45. The van der Waals surface area contributed by atoms with Gasteiger partial charge in [-0.25, -0.2) is 23.9 Å². The molecule has 0 fully saturated rings. The Kier molecular flexibility index (Phi) is 2.63. The van der Waals surface area contributed by atoms with E-state index in [2.05, 4.69) is 4.98 Å². The number of rotatable bonds is 1. The molecule has 0 atom stereocenters. The standard InChI is InChI=1S/C12H13ClN4O2/c1-7-6-9(13)8(2)14-10(7)17-11(18)15-4-3-5-16(15)12(17)19/h6H,3-5H2,1-2H3. The van der Waals surface area contributed by atoms with E-state index >= 15 is 0 Å². The Morgan fingerprint density at radius 2 is 1.74 bits per heavy atom. The van der Waals surface area contributed by atoms with Crippen molar-refractivity contribution >= 4 is 11.6 Å². The molecule has 3 heterocycles. The SMILES string of the molecule is Cc1cc(Cl)c(C)nc1-n1c(=O)n2n(c1=O)CCC2. The number of nitrogens with zero attached hydrogens (tertiary/aromatic N) is 4. The van der Waals surface area contributed by atoms with Gasteiger partial charge in [0.2, 0.25) is 0 Å². The van der Waals surface area contributed by atoms with Gasteiger partial charge in [0.05, 0.1) is 10.7 Å². The summed E-state index contributed by atoms with van der Waals surface area (Å²) in [6, 6.07) is 1.72. The molecule has 2 aromatic heterocycles. The molecule has 1 aliphatic heterocycles. The minimum Gasteiger partial charge on any atom is -0.245 e. The largest absolute Gasteiger partial charge is 0.353 e. The fraction of sp³-hybridized carbons (Fsp3) is 0.417. The lowest BCUT2D eigenvalue weighted by Gasteiger charge is -2.06. The van der Waals surface area contributed by atoms with Gasteiger partial charge in [0.1, 0.15) is 5.82 Å². The van der Waals surface area contributed by atoms with E-state index in [-0.39, 0.29) is 11.4 Å². The average Bonchev–Trinajstić information content (AvgIpc) is 2.91. The third-order valence-corrected chi connectivity index (χ3v) is 3.77. The molecule has 0 saturated heterocycles. The maximum absolute atomic E-state index is 12.3. The molecule has 1 aliphatic rings. The summed E-state index contributed by atoms with van der Waals surface area (Å²) in [5.74, 6) is 0.367. The molecule has 7 heteroatoms. The predicted octanol–water partition coefficient (Wildman–Crippen LogP) is 0.870. The van der Waals surface area contributed by atoms with Crippen molar-refractivity contribution in [3.8, 4) is 5.82 Å². The Labute approximate surface area is 113 Å². The average molecular weight is 281 g/mol. The monoisotopic (exact) mass is 280 g/mol. The molecule has 0 spiro atoms. The van der Waals surface area contributed by atoms with Gasteiger partial charge in [0.15, 0.2) is 0 Å². The molecule has 0 N–H and O–H groups in total. The third kappa shape index (κ3) is 1.67. The highest BCUT2D eigenvalue weighted by Gasteiger charge is 2.22. The first kappa shape index (κ1) is 12.2. The van der Waals surface area contributed by atoms with Crippen molar-refractivity contribution in [2.45, 2.75) is 33.4 Å². The molecular formula is C12H13ClN4O2. The van der Waals surface area contributed by atoms with Crippen LogP contribution in [0.5, 0.6) is 0 Å². The first-order valence-electron chi connectivity index (χ1n) is 6.07. The van der Waals surface area contributed by atoms with Gasteiger partial charge in [0.25, 0.3) is 0 Å². The topological polar surface area (TPSA) is 61.8 Å². The highest BCUT2D eigenvalue weighted by Crippen LogP contribution is 2.18. The van der Waals surface area contributed by atoms with Crippen LogP contribution in [0.3, 0.4) is 0 Å². The van der Waals surface area contributed by atoms with Gasteiger partial charge in [-0.15, -0.1) is 0 Å². The van der Waals surface area contributed by atoms with Gasteiger partial charge in [-0.2, -0.15) is 4.57 Å². The highest BCUT2D eigenvalue weighted by atomic mass is 35.5. The van der Waals surface area contributed by atoms with E-state index in [1.54, 1.807) is 19.9 Å². The molecule has 6 nitrogen and oxygen atoms in total. The Bertz CT molecular complexity index is 749. The Hall–Kier alpha value is -1.82. The molecule has 0 unspecified atom stereocenters. The van der Waals surface area contributed by atoms with Crippen LogP contribution in [-0.4, -0.2) is 18.9 Å². The van der Waals surface area contributed by atoms with Crippen LogP contribution in [0.4, 0.5) is 0 Å². The van der Waals surface area contributed by atoms with Crippen molar-refractivity contribution in [1.29, 1.82) is 0 Å². The Balaban J connectivity index is 2.33. The zero-order chi connectivity index (χ0) is 13.7. The fourth-order valence-electron chi connectivity index (χ4n) is 2.39. The molecule has 3 rings (SSSR count). The molecule has 100 valence electrons. The number of aryl methyl sites for hydroxylation is 2. The second-order valence-electron chi connectivity index (χ2n) is 4.70. The summed E-state index contributed by atoms with van der Waals surface area (Å²) >= 11 is 5.99. The second kappa shape index (κ2) is 4.09. The normalized spacial score (nSPS) is 13.8. The summed E-state index contributed by atoms with van der Waals surface area (Å²) in [6.45, 7) is 4.68. The lowest BCUT2D eigenvalue weighted by Crippen LogP contribution is -2.30. The van der Waals surface area contributed by atoms with Crippen LogP contribution in [0.25, 0.3) is 5.82 Å². The van der Waals surface area contributed by atoms with Crippen LogP contribution in [0.15, 0.2) is 15.7 Å². The number of aromatic nitrogens is 4. The van der Waals surface area contributed by atoms with Gasteiger partial charge in [0, 0.05) is 13.1 Å². The maximum Gasteiger partial charge on any atom is 0.353 e. The number of hydrogen-bond acceptors (Lipinski definition) is 3. The molecular weight excluding hydrogens is 268 g/mol. The van der Waals surface area contributed by atoms with Crippen LogP contribution in [-0.2, 0) is 13.1 Å².